The van der Waals surface area contributed by atoms with Crippen LogP contribution in [0.2, 0.25) is 0 Å². The number of imide groups is 2. The average Bonchev–Trinajstić information content (AvgIpc) is 2.62. The molecule has 2 aromatic rings. The summed E-state index contributed by atoms with van der Waals surface area (Å²) in [5, 5.41) is 2.22. The Kier molecular flexibility index (Phi) is 5.65. The van der Waals surface area contributed by atoms with Crippen molar-refractivity contribution < 1.29 is 19.1 Å². The maximum absolute atomic E-state index is 13.0. The number of carbonyl (C=O) groups is 3. The topological polar surface area (TPSA) is 75.7 Å². The average molecular weight is 443 g/mol. The van der Waals surface area contributed by atoms with Gasteiger partial charge in [-0.15, -0.1) is 0 Å². The van der Waals surface area contributed by atoms with Crippen molar-refractivity contribution in [3.63, 3.8) is 0 Å². The number of nitrogens with one attached hydrogen (secondary N) is 1. The van der Waals surface area contributed by atoms with Gasteiger partial charge in [-0.25, -0.2) is 9.69 Å². The summed E-state index contributed by atoms with van der Waals surface area (Å²) in [7, 11) is 0. The van der Waals surface area contributed by atoms with E-state index in [2.05, 4.69) is 21.2 Å². The van der Waals surface area contributed by atoms with E-state index in [4.69, 9.17) is 4.74 Å². The predicted octanol–water partition coefficient (Wildman–Crippen LogP) is 4.21. The molecule has 0 spiro atoms. The molecule has 1 aliphatic heterocycles. The summed E-state index contributed by atoms with van der Waals surface area (Å²) in [6.45, 7) is 5.67. The quantitative estimate of drug-likeness (QED) is 0.568. The molecule has 1 fully saturated rings. The van der Waals surface area contributed by atoms with Gasteiger partial charge in [-0.2, -0.15) is 0 Å². The van der Waals surface area contributed by atoms with Crippen LogP contribution >= 0.6 is 15.9 Å². The zero-order chi connectivity index (χ0) is 20.4. The number of amides is 4. The molecular weight excluding hydrogens is 424 g/mol. The van der Waals surface area contributed by atoms with E-state index in [0.717, 1.165) is 14.9 Å². The number of rotatable bonds is 4. The van der Waals surface area contributed by atoms with Crippen molar-refractivity contribution in [2.75, 3.05) is 4.90 Å². The van der Waals surface area contributed by atoms with E-state index in [9.17, 15) is 14.4 Å². The number of ether oxygens (including phenoxy) is 1. The number of nitrogens with zero attached hydrogens (tertiary/aromatic N) is 1. The van der Waals surface area contributed by atoms with E-state index in [1.807, 2.05) is 26.8 Å². The molecule has 1 saturated heterocycles. The molecule has 1 N–H and O–H groups in total. The van der Waals surface area contributed by atoms with Crippen LogP contribution in [0.5, 0.6) is 5.75 Å². The zero-order valence-electron chi connectivity index (χ0n) is 15.7. The van der Waals surface area contributed by atoms with Gasteiger partial charge in [-0.3, -0.25) is 14.9 Å². The van der Waals surface area contributed by atoms with Crippen LogP contribution in [0.4, 0.5) is 10.5 Å². The highest BCUT2D eigenvalue weighted by Crippen LogP contribution is 2.28. The van der Waals surface area contributed by atoms with Gasteiger partial charge in [0.15, 0.2) is 0 Å². The number of anilines is 1. The van der Waals surface area contributed by atoms with Crippen molar-refractivity contribution in [1.82, 2.24) is 5.32 Å². The number of benzene rings is 2. The molecule has 28 heavy (non-hydrogen) atoms. The van der Waals surface area contributed by atoms with Crippen LogP contribution in [0, 0.1) is 6.92 Å². The monoisotopic (exact) mass is 442 g/mol. The molecule has 144 valence electrons. The van der Waals surface area contributed by atoms with Gasteiger partial charge in [0.2, 0.25) is 0 Å². The summed E-state index contributed by atoms with van der Waals surface area (Å²) in [5.41, 5.74) is 1.79. The van der Waals surface area contributed by atoms with Gasteiger partial charge < -0.3 is 4.74 Å². The van der Waals surface area contributed by atoms with Crippen molar-refractivity contribution in [2.24, 2.45) is 0 Å². The number of barbiturate groups is 1. The fraction of sp³-hybridized carbons (Fsp3) is 0.190. The Hall–Kier alpha value is -2.93. The predicted molar refractivity (Wildman–Crippen MR) is 110 cm³/mol. The number of urea groups is 1. The summed E-state index contributed by atoms with van der Waals surface area (Å²) < 4.78 is 6.54. The highest BCUT2D eigenvalue weighted by Gasteiger charge is 2.36. The van der Waals surface area contributed by atoms with Crippen LogP contribution in [-0.4, -0.2) is 23.9 Å². The second-order valence-electron chi connectivity index (χ2n) is 6.64. The van der Waals surface area contributed by atoms with Crippen molar-refractivity contribution in [3.8, 4) is 5.75 Å². The Morgan fingerprint density at radius 3 is 2.39 bits per heavy atom. The molecule has 3 rings (SSSR count). The first-order valence-corrected chi connectivity index (χ1v) is 9.50. The minimum Gasteiger partial charge on any atom is -0.490 e. The van der Waals surface area contributed by atoms with E-state index in [0.29, 0.717) is 17.0 Å². The molecule has 0 bridgehead atoms. The highest BCUT2D eigenvalue weighted by atomic mass is 79.9. The first kappa shape index (κ1) is 19.8. The SMILES string of the molecule is Cc1ccc(N2C(=O)NC(=O)/C(=C\c3cc(Br)ccc3OC(C)C)C2=O)cc1. The molecule has 1 aliphatic rings. The van der Waals surface area contributed by atoms with Gasteiger partial charge in [-0.1, -0.05) is 33.6 Å². The van der Waals surface area contributed by atoms with Crippen LogP contribution in [0.15, 0.2) is 52.5 Å². The van der Waals surface area contributed by atoms with Gasteiger partial charge in [0, 0.05) is 10.0 Å². The Bertz CT molecular complexity index is 980. The fourth-order valence-electron chi connectivity index (χ4n) is 2.73. The van der Waals surface area contributed by atoms with Crippen molar-refractivity contribution in [2.45, 2.75) is 26.9 Å². The van der Waals surface area contributed by atoms with Crippen LogP contribution in [0.25, 0.3) is 6.08 Å². The van der Waals surface area contributed by atoms with E-state index >= 15 is 0 Å². The fourth-order valence-corrected chi connectivity index (χ4v) is 3.11. The third kappa shape index (κ3) is 4.14. The molecule has 0 saturated carbocycles. The lowest BCUT2D eigenvalue weighted by Gasteiger charge is -2.26. The Morgan fingerprint density at radius 2 is 1.75 bits per heavy atom. The Balaban J connectivity index is 2.04. The lowest BCUT2D eigenvalue weighted by molar-refractivity contribution is -0.122. The van der Waals surface area contributed by atoms with Crippen molar-refractivity contribution >= 4 is 45.5 Å². The van der Waals surface area contributed by atoms with E-state index in [-0.39, 0.29) is 11.7 Å². The second kappa shape index (κ2) is 7.98. The molecule has 6 nitrogen and oxygen atoms in total. The maximum Gasteiger partial charge on any atom is 0.335 e. The molecule has 0 atom stereocenters. The van der Waals surface area contributed by atoms with Gasteiger partial charge >= 0.3 is 6.03 Å². The zero-order valence-corrected chi connectivity index (χ0v) is 17.2. The molecule has 2 aromatic carbocycles. The molecule has 7 heteroatoms. The summed E-state index contributed by atoms with van der Waals surface area (Å²) in [4.78, 5) is 38.6. The normalized spacial score (nSPS) is 16.0. The molecule has 1 heterocycles. The molecule has 4 amide bonds. The van der Waals surface area contributed by atoms with E-state index in [1.165, 1.54) is 6.08 Å². The number of carbonyl (C=O) groups excluding carboxylic acids is 3. The van der Waals surface area contributed by atoms with Gasteiger partial charge in [-0.05, 0) is 57.2 Å². The van der Waals surface area contributed by atoms with Crippen LogP contribution in [0.1, 0.15) is 25.0 Å². The molecule has 0 radical (unpaired) electrons. The number of hydrogen-bond donors (Lipinski definition) is 1. The maximum atomic E-state index is 13.0. The third-order valence-corrected chi connectivity index (χ3v) is 4.52. The van der Waals surface area contributed by atoms with Gasteiger partial charge in [0.05, 0.1) is 11.8 Å². The van der Waals surface area contributed by atoms with Crippen LogP contribution in [-0.2, 0) is 9.59 Å². The van der Waals surface area contributed by atoms with E-state index < -0.39 is 17.8 Å². The van der Waals surface area contributed by atoms with Crippen LogP contribution < -0.4 is 15.0 Å². The van der Waals surface area contributed by atoms with Crippen LogP contribution in [0.3, 0.4) is 0 Å². The minimum absolute atomic E-state index is 0.0835. The molecular formula is C21H19BrN2O4. The van der Waals surface area contributed by atoms with Gasteiger partial charge in [0.25, 0.3) is 11.8 Å². The Morgan fingerprint density at radius 1 is 1.07 bits per heavy atom. The lowest BCUT2D eigenvalue weighted by atomic mass is 10.1. The number of hydrogen-bond acceptors (Lipinski definition) is 4. The summed E-state index contributed by atoms with van der Waals surface area (Å²) >= 11 is 3.39. The Labute approximate surface area is 171 Å². The molecule has 0 unspecified atom stereocenters. The summed E-state index contributed by atoms with van der Waals surface area (Å²) in [6, 6.07) is 11.4. The first-order chi connectivity index (χ1) is 13.3. The van der Waals surface area contributed by atoms with Crippen molar-refractivity contribution in [3.05, 3.63) is 63.6 Å². The first-order valence-electron chi connectivity index (χ1n) is 8.70. The summed E-state index contributed by atoms with van der Waals surface area (Å²) in [6.07, 6.45) is 1.35. The van der Waals surface area contributed by atoms with Crippen molar-refractivity contribution in [1.29, 1.82) is 0 Å². The van der Waals surface area contributed by atoms with E-state index in [1.54, 1.807) is 36.4 Å². The van der Waals surface area contributed by atoms with Gasteiger partial charge in [0.1, 0.15) is 11.3 Å². The number of halogens is 1. The standard InChI is InChI=1S/C21H19BrN2O4/c1-12(2)28-18-9-6-15(22)10-14(18)11-17-19(25)23-21(27)24(20(17)26)16-7-4-13(3)5-8-16/h4-12H,1-3H3,(H,23,25,27)/b17-11+. The molecule has 0 aromatic heterocycles. The molecule has 0 aliphatic carbocycles. The second-order valence-corrected chi connectivity index (χ2v) is 7.56. The third-order valence-electron chi connectivity index (χ3n) is 4.03. The smallest absolute Gasteiger partial charge is 0.335 e. The minimum atomic E-state index is -0.774. The summed E-state index contributed by atoms with van der Waals surface area (Å²) in [5.74, 6) is -0.896. The highest BCUT2D eigenvalue weighted by molar-refractivity contribution is 9.10. The number of aryl methyl sites for hydroxylation is 1. The lowest BCUT2D eigenvalue weighted by Crippen LogP contribution is -2.54. The largest absolute Gasteiger partial charge is 0.490 e.